The summed E-state index contributed by atoms with van der Waals surface area (Å²) < 4.78 is 27.8. The molecular weight excluding hydrogens is 354 g/mol. The first-order valence-electron chi connectivity index (χ1n) is 7.18. The molecule has 0 amide bonds. The van der Waals surface area contributed by atoms with Crippen molar-refractivity contribution in [2.45, 2.75) is 18.2 Å². The molecule has 2 rings (SSSR count). The van der Waals surface area contributed by atoms with Crippen LogP contribution in [0.5, 0.6) is 0 Å². The lowest BCUT2D eigenvalue weighted by Crippen LogP contribution is -2.44. The maximum absolute atomic E-state index is 12.3. The van der Waals surface area contributed by atoms with Gasteiger partial charge in [-0.25, -0.2) is 13.1 Å². The average Bonchev–Trinajstić information content (AvgIpc) is 2.44. The fourth-order valence-corrected chi connectivity index (χ4v) is 4.61. The largest absolute Gasteiger partial charge is 0.314 e. The third-order valence-electron chi connectivity index (χ3n) is 3.53. The van der Waals surface area contributed by atoms with Gasteiger partial charge in [-0.1, -0.05) is 6.07 Å². The molecule has 1 aliphatic heterocycles. The van der Waals surface area contributed by atoms with Gasteiger partial charge in [-0.3, -0.25) is 0 Å². The number of nitrogens with one attached hydrogen (secondary N) is 2. The van der Waals surface area contributed by atoms with Gasteiger partial charge < -0.3 is 10.2 Å². The van der Waals surface area contributed by atoms with Crippen molar-refractivity contribution in [3.8, 4) is 0 Å². The fourth-order valence-electron chi connectivity index (χ4n) is 2.35. The van der Waals surface area contributed by atoms with Gasteiger partial charge in [0.15, 0.2) is 0 Å². The zero-order valence-corrected chi connectivity index (χ0v) is 14.6. The highest BCUT2D eigenvalue weighted by atomic mass is 79.9. The SMILES string of the molecule is Cc1ccc(S(=O)(=O)NCCCN2CCNCC2)c(Br)c1. The summed E-state index contributed by atoms with van der Waals surface area (Å²) in [4.78, 5) is 2.65. The molecule has 7 heteroatoms. The fraction of sp³-hybridized carbons (Fsp3) is 0.571. The van der Waals surface area contributed by atoms with Gasteiger partial charge in [0.25, 0.3) is 0 Å². The second-order valence-electron chi connectivity index (χ2n) is 5.28. The molecule has 118 valence electrons. The predicted molar refractivity (Wildman–Crippen MR) is 88.0 cm³/mol. The molecule has 0 atom stereocenters. The molecule has 1 aromatic rings. The van der Waals surface area contributed by atoms with Crippen molar-refractivity contribution in [1.29, 1.82) is 0 Å². The zero-order valence-electron chi connectivity index (χ0n) is 12.2. The Balaban J connectivity index is 1.83. The molecular formula is C14H22BrN3O2S. The van der Waals surface area contributed by atoms with Crippen LogP contribution in [0.4, 0.5) is 0 Å². The molecule has 0 aromatic heterocycles. The van der Waals surface area contributed by atoms with Crippen LogP contribution >= 0.6 is 15.9 Å². The lowest BCUT2D eigenvalue weighted by atomic mass is 10.2. The number of nitrogens with zero attached hydrogens (tertiary/aromatic N) is 1. The van der Waals surface area contributed by atoms with E-state index in [1.54, 1.807) is 12.1 Å². The minimum atomic E-state index is -3.44. The molecule has 0 bridgehead atoms. The van der Waals surface area contributed by atoms with E-state index in [0.717, 1.165) is 44.7 Å². The summed E-state index contributed by atoms with van der Waals surface area (Å²) in [6.45, 7) is 7.44. The second-order valence-corrected chi connectivity index (χ2v) is 7.87. The van der Waals surface area contributed by atoms with Crippen LogP contribution in [-0.2, 0) is 10.0 Å². The van der Waals surface area contributed by atoms with Crippen molar-refractivity contribution in [3.05, 3.63) is 28.2 Å². The summed E-state index contributed by atoms with van der Waals surface area (Å²) >= 11 is 3.32. The van der Waals surface area contributed by atoms with Crippen molar-refractivity contribution in [2.75, 3.05) is 39.3 Å². The van der Waals surface area contributed by atoms with Gasteiger partial charge in [-0.15, -0.1) is 0 Å². The van der Waals surface area contributed by atoms with E-state index in [4.69, 9.17) is 0 Å². The average molecular weight is 376 g/mol. The monoisotopic (exact) mass is 375 g/mol. The summed E-state index contributed by atoms with van der Waals surface area (Å²) in [5.41, 5.74) is 1.03. The Morgan fingerprint density at radius 1 is 1.33 bits per heavy atom. The third kappa shape index (κ3) is 5.03. The normalized spacial score (nSPS) is 17.0. The summed E-state index contributed by atoms with van der Waals surface area (Å²) in [5, 5.41) is 3.30. The minimum Gasteiger partial charge on any atom is -0.314 e. The second kappa shape index (κ2) is 7.69. The predicted octanol–water partition coefficient (Wildman–Crippen LogP) is 1.33. The van der Waals surface area contributed by atoms with Crippen molar-refractivity contribution in [3.63, 3.8) is 0 Å². The number of hydrogen-bond donors (Lipinski definition) is 2. The molecule has 0 radical (unpaired) electrons. The van der Waals surface area contributed by atoms with Crippen molar-refractivity contribution < 1.29 is 8.42 Å². The van der Waals surface area contributed by atoms with Crippen LogP contribution < -0.4 is 10.0 Å². The van der Waals surface area contributed by atoms with E-state index < -0.39 is 10.0 Å². The topological polar surface area (TPSA) is 61.4 Å². The van der Waals surface area contributed by atoms with E-state index in [-0.39, 0.29) is 0 Å². The van der Waals surface area contributed by atoms with Gasteiger partial charge in [0.1, 0.15) is 0 Å². The molecule has 1 fully saturated rings. The summed E-state index contributed by atoms with van der Waals surface area (Å²) in [7, 11) is -3.44. The molecule has 0 saturated carbocycles. The number of sulfonamides is 1. The highest BCUT2D eigenvalue weighted by Crippen LogP contribution is 2.22. The van der Waals surface area contributed by atoms with Crippen molar-refractivity contribution in [1.82, 2.24) is 14.9 Å². The van der Waals surface area contributed by atoms with Gasteiger partial charge in [-0.05, 0) is 53.5 Å². The van der Waals surface area contributed by atoms with E-state index in [2.05, 4.69) is 30.9 Å². The number of halogens is 1. The van der Waals surface area contributed by atoms with Gasteiger partial charge in [0, 0.05) is 37.2 Å². The number of aryl methyl sites for hydroxylation is 1. The molecule has 2 N–H and O–H groups in total. The zero-order chi connectivity index (χ0) is 15.3. The van der Waals surface area contributed by atoms with Gasteiger partial charge in [0.2, 0.25) is 10.0 Å². The van der Waals surface area contributed by atoms with E-state index in [0.29, 0.717) is 15.9 Å². The van der Waals surface area contributed by atoms with Gasteiger partial charge >= 0.3 is 0 Å². The maximum atomic E-state index is 12.3. The van der Waals surface area contributed by atoms with Crippen LogP contribution in [0.3, 0.4) is 0 Å². The van der Waals surface area contributed by atoms with Crippen LogP contribution in [0, 0.1) is 6.92 Å². The Morgan fingerprint density at radius 3 is 2.71 bits per heavy atom. The summed E-state index contributed by atoms with van der Waals surface area (Å²) in [5.74, 6) is 0. The molecule has 1 aromatic carbocycles. The number of rotatable bonds is 6. The van der Waals surface area contributed by atoms with Crippen LogP contribution in [0.1, 0.15) is 12.0 Å². The van der Waals surface area contributed by atoms with Crippen LogP contribution in [-0.4, -0.2) is 52.6 Å². The number of hydrogen-bond acceptors (Lipinski definition) is 4. The van der Waals surface area contributed by atoms with E-state index in [9.17, 15) is 8.42 Å². The first-order valence-corrected chi connectivity index (χ1v) is 9.45. The van der Waals surface area contributed by atoms with Gasteiger partial charge in [-0.2, -0.15) is 0 Å². The lowest BCUT2D eigenvalue weighted by Gasteiger charge is -2.27. The molecule has 0 spiro atoms. The molecule has 0 aliphatic carbocycles. The standard InChI is InChI=1S/C14H22BrN3O2S/c1-12-3-4-14(13(15)11-12)21(19,20)17-5-2-8-18-9-6-16-7-10-18/h3-4,11,16-17H,2,5-10H2,1H3. The van der Waals surface area contributed by atoms with Crippen LogP contribution in [0.15, 0.2) is 27.6 Å². The first kappa shape index (κ1) is 16.9. The van der Waals surface area contributed by atoms with Gasteiger partial charge in [0.05, 0.1) is 4.90 Å². The van der Waals surface area contributed by atoms with Crippen molar-refractivity contribution >= 4 is 26.0 Å². The molecule has 1 saturated heterocycles. The van der Waals surface area contributed by atoms with E-state index in [1.807, 2.05) is 13.0 Å². The Labute approximate surface area is 135 Å². The highest BCUT2D eigenvalue weighted by Gasteiger charge is 2.17. The Bertz CT molecular complexity index is 572. The number of benzene rings is 1. The quantitative estimate of drug-likeness (QED) is 0.736. The van der Waals surface area contributed by atoms with Crippen LogP contribution in [0.25, 0.3) is 0 Å². The summed E-state index contributed by atoms with van der Waals surface area (Å²) in [6.07, 6.45) is 0.822. The lowest BCUT2D eigenvalue weighted by molar-refractivity contribution is 0.239. The highest BCUT2D eigenvalue weighted by molar-refractivity contribution is 9.10. The number of piperazine rings is 1. The maximum Gasteiger partial charge on any atom is 0.241 e. The minimum absolute atomic E-state index is 0.301. The van der Waals surface area contributed by atoms with Crippen LogP contribution in [0.2, 0.25) is 0 Å². The van der Waals surface area contributed by atoms with E-state index >= 15 is 0 Å². The molecule has 5 nitrogen and oxygen atoms in total. The smallest absolute Gasteiger partial charge is 0.241 e. The molecule has 1 aliphatic rings. The Kier molecular flexibility index (Phi) is 6.19. The Hall–Kier alpha value is -0.470. The third-order valence-corrected chi connectivity index (χ3v) is 5.97. The molecule has 1 heterocycles. The van der Waals surface area contributed by atoms with Crippen molar-refractivity contribution in [2.24, 2.45) is 0 Å². The molecule has 0 unspecified atom stereocenters. The molecule has 21 heavy (non-hydrogen) atoms. The first-order chi connectivity index (χ1) is 9.99. The van der Waals surface area contributed by atoms with E-state index in [1.165, 1.54) is 0 Å². The summed E-state index contributed by atoms with van der Waals surface area (Å²) in [6, 6.07) is 5.26. The Morgan fingerprint density at radius 2 is 2.05 bits per heavy atom.